The Morgan fingerprint density at radius 3 is 2.60 bits per heavy atom. The van der Waals surface area contributed by atoms with Gasteiger partial charge >= 0.3 is 6.18 Å². The second kappa shape index (κ2) is 4.94. The van der Waals surface area contributed by atoms with Crippen LogP contribution in [-0.4, -0.2) is 17.8 Å². The fourth-order valence-corrected chi connectivity index (χ4v) is 1.77. The number of hydrogen-bond acceptors (Lipinski definition) is 3. The van der Waals surface area contributed by atoms with Gasteiger partial charge in [0.05, 0.1) is 6.61 Å². The lowest BCUT2D eigenvalue weighted by molar-refractivity contribution is -0.176. The molecule has 1 aromatic heterocycles. The molecule has 1 heterocycles. The van der Waals surface area contributed by atoms with Crippen LogP contribution >= 0.6 is 11.3 Å². The van der Waals surface area contributed by atoms with E-state index in [0.717, 1.165) is 4.88 Å². The van der Waals surface area contributed by atoms with Crippen molar-refractivity contribution in [3.05, 3.63) is 16.1 Å². The SMILES string of the molecule is CC(C)c1cnc(COCC(F)(F)F)s1. The molecule has 0 aromatic carbocycles. The van der Waals surface area contributed by atoms with Gasteiger partial charge in [-0.1, -0.05) is 13.8 Å². The first-order valence-corrected chi connectivity index (χ1v) is 5.29. The second-order valence-electron chi connectivity index (χ2n) is 3.42. The third kappa shape index (κ3) is 4.61. The molecule has 0 saturated carbocycles. The predicted molar refractivity (Wildman–Crippen MR) is 51.9 cm³/mol. The van der Waals surface area contributed by atoms with Crippen LogP contribution in [0.25, 0.3) is 0 Å². The number of alkyl halides is 3. The number of nitrogens with zero attached hydrogens (tertiary/aromatic N) is 1. The van der Waals surface area contributed by atoms with Crippen molar-refractivity contribution in [2.24, 2.45) is 0 Å². The van der Waals surface area contributed by atoms with E-state index in [1.807, 2.05) is 13.8 Å². The molecule has 0 N–H and O–H groups in total. The van der Waals surface area contributed by atoms with E-state index >= 15 is 0 Å². The van der Waals surface area contributed by atoms with Crippen LogP contribution < -0.4 is 0 Å². The van der Waals surface area contributed by atoms with Crippen molar-refractivity contribution in [2.75, 3.05) is 6.61 Å². The van der Waals surface area contributed by atoms with Gasteiger partial charge in [-0.3, -0.25) is 0 Å². The van der Waals surface area contributed by atoms with Gasteiger partial charge in [0.25, 0.3) is 0 Å². The normalized spacial score (nSPS) is 12.4. The Morgan fingerprint density at radius 1 is 1.47 bits per heavy atom. The number of rotatable bonds is 4. The van der Waals surface area contributed by atoms with E-state index in [0.29, 0.717) is 10.9 Å². The maximum absolute atomic E-state index is 11.7. The number of ether oxygens (including phenoxy) is 1. The third-order valence-corrected chi connectivity index (χ3v) is 2.90. The van der Waals surface area contributed by atoms with Crippen molar-refractivity contribution in [3.8, 4) is 0 Å². The van der Waals surface area contributed by atoms with Gasteiger partial charge in [0.1, 0.15) is 11.6 Å². The standard InChI is InChI=1S/C9H12F3NOS/c1-6(2)7-3-13-8(15-7)4-14-5-9(10,11)12/h3,6H,4-5H2,1-2H3. The first-order valence-electron chi connectivity index (χ1n) is 4.47. The van der Waals surface area contributed by atoms with Gasteiger partial charge in [0, 0.05) is 11.1 Å². The monoisotopic (exact) mass is 239 g/mol. The average molecular weight is 239 g/mol. The Balaban J connectivity index is 2.38. The Bertz CT molecular complexity index is 309. The summed E-state index contributed by atoms with van der Waals surface area (Å²) in [4.78, 5) is 5.04. The highest BCUT2D eigenvalue weighted by atomic mass is 32.1. The molecule has 15 heavy (non-hydrogen) atoms. The van der Waals surface area contributed by atoms with Gasteiger partial charge in [-0.15, -0.1) is 11.3 Å². The third-order valence-electron chi connectivity index (χ3n) is 1.63. The highest BCUT2D eigenvalue weighted by Gasteiger charge is 2.27. The van der Waals surface area contributed by atoms with Crippen molar-refractivity contribution >= 4 is 11.3 Å². The van der Waals surface area contributed by atoms with E-state index in [-0.39, 0.29) is 6.61 Å². The van der Waals surface area contributed by atoms with Crippen molar-refractivity contribution < 1.29 is 17.9 Å². The van der Waals surface area contributed by atoms with E-state index in [2.05, 4.69) is 9.72 Å². The Hall–Kier alpha value is -0.620. The molecule has 0 aliphatic rings. The Labute approximate surface area is 90.1 Å². The van der Waals surface area contributed by atoms with Crippen LogP contribution in [0.5, 0.6) is 0 Å². The summed E-state index contributed by atoms with van der Waals surface area (Å²) < 4.78 is 39.7. The highest BCUT2D eigenvalue weighted by molar-refractivity contribution is 7.11. The number of aromatic nitrogens is 1. The molecule has 0 saturated heterocycles. The van der Waals surface area contributed by atoms with Gasteiger partial charge < -0.3 is 4.74 Å². The second-order valence-corrected chi connectivity index (χ2v) is 4.57. The molecular weight excluding hydrogens is 227 g/mol. The fraction of sp³-hybridized carbons (Fsp3) is 0.667. The average Bonchev–Trinajstić information content (AvgIpc) is 2.50. The van der Waals surface area contributed by atoms with E-state index in [1.54, 1.807) is 6.20 Å². The molecule has 0 radical (unpaired) electrons. The van der Waals surface area contributed by atoms with Crippen LogP contribution in [0.2, 0.25) is 0 Å². The molecule has 0 atom stereocenters. The molecule has 0 amide bonds. The summed E-state index contributed by atoms with van der Waals surface area (Å²) in [6, 6.07) is 0. The van der Waals surface area contributed by atoms with Crippen molar-refractivity contribution in [1.29, 1.82) is 0 Å². The summed E-state index contributed by atoms with van der Waals surface area (Å²) in [6.45, 7) is 2.72. The van der Waals surface area contributed by atoms with Crippen molar-refractivity contribution in [1.82, 2.24) is 4.98 Å². The van der Waals surface area contributed by atoms with Gasteiger partial charge in [0.15, 0.2) is 0 Å². The maximum Gasteiger partial charge on any atom is 0.411 e. The number of thiazole rings is 1. The fourth-order valence-electron chi connectivity index (χ4n) is 0.912. The smallest absolute Gasteiger partial charge is 0.365 e. The molecule has 0 aliphatic carbocycles. The zero-order valence-corrected chi connectivity index (χ0v) is 9.28. The Kier molecular flexibility index (Phi) is 4.10. The van der Waals surface area contributed by atoms with Crippen LogP contribution in [0.3, 0.4) is 0 Å². The van der Waals surface area contributed by atoms with Crippen LogP contribution in [0.4, 0.5) is 13.2 Å². The number of halogens is 3. The number of hydrogen-bond donors (Lipinski definition) is 0. The van der Waals surface area contributed by atoms with Gasteiger partial charge in [0.2, 0.25) is 0 Å². The van der Waals surface area contributed by atoms with Gasteiger partial charge in [-0.25, -0.2) is 4.98 Å². The molecule has 2 nitrogen and oxygen atoms in total. The molecule has 0 unspecified atom stereocenters. The summed E-state index contributed by atoms with van der Waals surface area (Å²) >= 11 is 1.39. The maximum atomic E-state index is 11.7. The lowest BCUT2D eigenvalue weighted by atomic mass is 10.2. The molecule has 0 fully saturated rings. The van der Waals surface area contributed by atoms with E-state index in [4.69, 9.17) is 0 Å². The lowest BCUT2D eigenvalue weighted by Crippen LogP contribution is -2.16. The van der Waals surface area contributed by atoms with Crippen molar-refractivity contribution in [2.45, 2.75) is 32.5 Å². The minimum Gasteiger partial charge on any atom is -0.365 e. The van der Waals surface area contributed by atoms with Gasteiger partial charge in [-0.05, 0) is 5.92 Å². The first-order chi connectivity index (χ1) is 6.88. The zero-order chi connectivity index (χ0) is 11.5. The van der Waals surface area contributed by atoms with E-state index in [1.165, 1.54) is 11.3 Å². The minimum absolute atomic E-state index is 0.0725. The molecular formula is C9H12F3NOS. The van der Waals surface area contributed by atoms with E-state index in [9.17, 15) is 13.2 Å². The summed E-state index contributed by atoms with van der Waals surface area (Å²) in [5, 5.41) is 0.586. The van der Waals surface area contributed by atoms with Crippen molar-refractivity contribution in [3.63, 3.8) is 0 Å². The topological polar surface area (TPSA) is 22.1 Å². The molecule has 6 heteroatoms. The molecule has 86 valence electrons. The van der Waals surface area contributed by atoms with Crippen LogP contribution in [-0.2, 0) is 11.3 Å². The van der Waals surface area contributed by atoms with Crippen LogP contribution in [0.1, 0.15) is 29.7 Å². The summed E-state index contributed by atoms with van der Waals surface area (Å²) in [6.07, 6.45) is -2.58. The zero-order valence-electron chi connectivity index (χ0n) is 8.47. The summed E-state index contributed by atoms with van der Waals surface area (Å²) in [7, 11) is 0. The summed E-state index contributed by atoms with van der Waals surface area (Å²) in [5.41, 5.74) is 0. The molecule has 1 aromatic rings. The highest BCUT2D eigenvalue weighted by Crippen LogP contribution is 2.23. The molecule has 0 spiro atoms. The minimum atomic E-state index is -4.27. The van der Waals surface area contributed by atoms with E-state index < -0.39 is 12.8 Å². The molecule has 1 rings (SSSR count). The first kappa shape index (κ1) is 12.4. The van der Waals surface area contributed by atoms with Gasteiger partial charge in [-0.2, -0.15) is 13.2 Å². The lowest BCUT2D eigenvalue weighted by Gasteiger charge is -2.05. The Morgan fingerprint density at radius 2 is 2.13 bits per heavy atom. The van der Waals surface area contributed by atoms with Crippen LogP contribution in [0.15, 0.2) is 6.20 Å². The quantitative estimate of drug-likeness (QED) is 0.803. The molecule has 0 aliphatic heterocycles. The summed E-state index contributed by atoms with van der Waals surface area (Å²) in [5.74, 6) is 0.346. The predicted octanol–water partition coefficient (Wildman–Crippen LogP) is 3.35. The van der Waals surface area contributed by atoms with Crippen LogP contribution in [0, 0.1) is 0 Å². The molecule has 0 bridgehead atoms. The largest absolute Gasteiger partial charge is 0.411 e.